The lowest BCUT2D eigenvalue weighted by Crippen LogP contribution is -2.51. The molecule has 0 heterocycles. The number of carbonyl (C=O) groups is 2. The summed E-state index contributed by atoms with van der Waals surface area (Å²) in [6.07, 6.45) is 0.296. The standard InChI is InChI=1S/C12H17N3O3S/c13-9(5-7-1-3-8(16)4-2-7)12(18)15-10(6-19)11(14)17/h1-4,9-10,16,19H,5-6,13H2,(H2,14,17)(H,15,18)/t9?,10-/m0/s1. The number of nitrogens with two attached hydrogens (primary N) is 2. The summed E-state index contributed by atoms with van der Waals surface area (Å²) >= 11 is 3.92. The maximum atomic E-state index is 11.8. The van der Waals surface area contributed by atoms with E-state index in [1.807, 2.05) is 0 Å². The summed E-state index contributed by atoms with van der Waals surface area (Å²) in [5.41, 5.74) is 11.6. The van der Waals surface area contributed by atoms with Crippen molar-refractivity contribution in [3.63, 3.8) is 0 Å². The number of thiol groups is 1. The molecule has 0 aliphatic rings. The molecule has 0 spiro atoms. The Kier molecular flexibility index (Phi) is 5.65. The Morgan fingerprint density at radius 3 is 2.37 bits per heavy atom. The Balaban J connectivity index is 2.57. The van der Waals surface area contributed by atoms with Gasteiger partial charge in [-0.1, -0.05) is 12.1 Å². The van der Waals surface area contributed by atoms with Crippen LogP contribution in [0.5, 0.6) is 5.75 Å². The quantitative estimate of drug-likeness (QED) is 0.437. The molecule has 7 heteroatoms. The van der Waals surface area contributed by atoms with E-state index in [-0.39, 0.29) is 11.5 Å². The first kappa shape index (κ1) is 15.3. The monoisotopic (exact) mass is 283 g/mol. The van der Waals surface area contributed by atoms with Gasteiger partial charge in [-0.15, -0.1) is 0 Å². The fourth-order valence-corrected chi connectivity index (χ4v) is 1.74. The number of benzene rings is 1. The summed E-state index contributed by atoms with van der Waals surface area (Å²) in [6.45, 7) is 0. The predicted octanol–water partition coefficient (Wildman–Crippen LogP) is -0.838. The third-order valence-corrected chi connectivity index (χ3v) is 2.94. The zero-order valence-electron chi connectivity index (χ0n) is 10.2. The minimum atomic E-state index is -0.832. The molecule has 0 fully saturated rings. The predicted molar refractivity (Wildman–Crippen MR) is 74.8 cm³/mol. The van der Waals surface area contributed by atoms with Crippen LogP contribution in [0.15, 0.2) is 24.3 Å². The third-order valence-electron chi connectivity index (χ3n) is 2.57. The molecule has 0 aliphatic heterocycles. The average molecular weight is 283 g/mol. The number of phenolic OH excluding ortho intramolecular Hbond substituents is 1. The van der Waals surface area contributed by atoms with Gasteiger partial charge in [-0.3, -0.25) is 9.59 Å². The minimum absolute atomic E-state index is 0.118. The normalized spacial score (nSPS) is 13.6. The highest BCUT2D eigenvalue weighted by atomic mass is 32.1. The summed E-state index contributed by atoms with van der Waals surface area (Å²) in [4.78, 5) is 22.7. The molecule has 2 amide bonds. The van der Waals surface area contributed by atoms with Crippen LogP contribution in [0, 0.1) is 0 Å². The van der Waals surface area contributed by atoms with Gasteiger partial charge in [0.15, 0.2) is 0 Å². The van der Waals surface area contributed by atoms with Crippen LogP contribution in [0.1, 0.15) is 5.56 Å². The van der Waals surface area contributed by atoms with E-state index in [1.165, 1.54) is 12.1 Å². The summed E-state index contributed by atoms with van der Waals surface area (Å²) in [6, 6.07) is 4.74. The van der Waals surface area contributed by atoms with Crippen LogP contribution in [-0.2, 0) is 16.0 Å². The number of rotatable bonds is 6. The second-order valence-electron chi connectivity index (χ2n) is 4.12. The van der Waals surface area contributed by atoms with Crippen LogP contribution in [-0.4, -0.2) is 34.8 Å². The van der Waals surface area contributed by atoms with Crippen LogP contribution < -0.4 is 16.8 Å². The van der Waals surface area contributed by atoms with E-state index in [0.717, 1.165) is 5.56 Å². The van der Waals surface area contributed by atoms with Gasteiger partial charge in [0, 0.05) is 5.75 Å². The molecular weight excluding hydrogens is 266 g/mol. The molecule has 104 valence electrons. The first-order chi connectivity index (χ1) is 8.93. The van der Waals surface area contributed by atoms with Crippen molar-refractivity contribution in [3.8, 4) is 5.75 Å². The Bertz CT molecular complexity index is 450. The number of nitrogens with one attached hydrogen (secondary N) is 1. The van der Waals surface area contributed by atoms with Crippen LogP contribution in [0.25, 0.3) is 0 Å². The van der Waals surface area contributed by atoms with Crippen LogP contribution in [0.4, 0.5) is 0 Å². The molecule has 0 radical (unpaired) electrons. The molecule has 2 atom stereocenters. The van der Waals surface area contributed by atoms with E-state index in [0.29, 0.717) is 6.42 Å². The van der Waals surface area contributed by atoms with Crippen molar-refractivity contribution in [1.29, 1.82) is 0 Å². The number of carbonyl (C=O) groups excluding carboxylic acids is 2. The zero-order valence-corrected chi connectivity index (χ0v) is 11.1. The van der Waals surface area contributed by atoms with Crippen molar-refractivity contribution < 1.29 is 14.7 Å². The Hall–Kier alpha value is -1.73. The summed E-state index contributed by atoms with van der Waals surface area (Å²) in [7, 11) is 0. The van der Waals surface area contributed by atoms with Crippen LogP contribution >= 0.6 is 12.6 Å². The molecule has 0 saturated heterocycles. The third kappa shape index (κ3) is 4.80. The van der Waals surface area contributed by atoms with Gasteiger partial charge < -0.3 is 21.9 Å². The summed E-state index contributed by atoms with van der Waals surface area (Å²) in [5, 5.41) is 11.6. The number of primary amides is 1. The lowest BCUT2D eigenvalue weighted by molar-refractivity contribution is -0.127. The van der Waals surface area contributed by atoms with E-state index >= 15 is 0 Å². The molecule has 19 heavy (non-hydrogen) atoms. The molecule has 1 unspecified atom stereocenters. The van der Waals surface area contributed by atoms with Gasteiger partial charge in [-0.2, -0.15) is 12.6 Å². The lowest BCUT2D eigenvalue weighted by atomic mass is 10.1. The molecule has 0 aromatic heterocycles. The smallest absolute Gasteiger partial charge is 0.240 e. The van der Waals surface area contributed by atoms with Gasteiger partial charge >= 0.3 is 0 Å². The van der Waals surface area contributed by atoms with Crippen molar-refractivity contribution in [2.75, 3.05) is 5.75 Å². The van der Waals surface area contributed by atoms with Crippen molar-refractivity contribution >= 4 is 24.4 Å². The highest BCUT2D eigenvalue weighted by Crippen LogP contribution is 2.10. The highest BCUT2D eigenvalue weighted by Gasteiger charge is 2.20. The molecule has 0 aliphatic carbocycles. The Morgan fingerprint density at radius 1 is 1.32 bits per heavy atom. The number of amides is 2. The topological polar surface area (TPSA) is 118 Å². The second-order valence-corrected chi connectivity index (χ2v) is 4.49. The van der Waals surface area contributed by atoms with Crippen molar-refractivity contribution in [2.24, 2.45) is 11.5 Å². The maximum absolute atomic E-state index is 11.8. The zero-order chi connectivity index (χ0) is 14.4. The molecule has 1 aromatic rings. The fourth-order valence-electron chi connectivity index (χ4n) is 1.46. The van der Waals surface area contributed by atoms with Gasteiger partial charge in [0.2, 0.25) is 11.8 Å². The summed E-state index contributed by atoms with van der Waals surface area (Å²) < 4.78 is 0. The van der Waals surface area contributed by atoms with E-state index in [2.05, 4.69) is 17.9 Å². The number of aromatic hydroxyl groups is 1. The molecule has 0 saturated carbocycles. The van der Waals surface area contributed by atoms with E-state index in [9.17, 15) is 9.59 Å². The summed E-state index contributed by atoms with van der Waals surface area (Å²) in [5.74, 6) is -0.857. The Morgan fingerprint density at radius 2 is 1.89 bits per heavy atom. The lowest BCUT2D eigenvalue weighted by Gasteiger charge is -2.17. The molecule has 6 N–H and O–H groups in total. The van der Waals surface area contributed by atoms with Gasteiger partial charge in [0.25, 0.3) is 0 Å². The van der Waals surface area contributed by atoms with Crippen molar-refractivity contribution in [2.45, 2.75) is 18.5 Å². The number of phenols is 1. The van der Waals surface area contributed by atoms with Gasteiger partial charge in [-0.05, 0) is 24.1 Å². The van der Waals surface area contributed by atoms with E-state index in [1.54, 1.807) is 12.1 Å². The average Bonchev–Trinajstić information content (AvgIpc) is 2.37. The Labute approximate surface area is 116 Å². The largest absolute Gasteiger partial charge is 0.508 e. The minimum Gasteiger partial charge on any atom is -0.508 e. The second kappa shape index (κ2) is 7.01. The van der Waals surface area contributed by atoms with Crippen molar-refractivity contribution in [3.05, 3.63) is 29.8 Å². The number of hydrogen-bond donors (Lipinski definition) is 5. The van der Waals surface area contributed by atoms with Gasteiger partial charge in [0.1, 0.15) is 11.8 Å². The molecule has 0 bridgehead atoms. The molecule has 6 nitrogen and oxygen atoms in total. The maximum Gasteiger partial charge on any atom is 0.240 e. The first-order valence-corrected chi connectivity index (χ1v) is 6.31. The van der Waals surface area contributed by atoms with Gasteiger partial charge in [-0.25, -0.2) is 0 Å². The number of hydrogen-bond acceptors (Lipinski definition) is 5. The molecule has 1 rings (SSSR count). The van der Waals surface area contributed by atoms with Gasteiger partial charge in [0.05, 0.1) is 6.04 Å². The molecule has 1 aromatic carbocycles. The first-order valence-electron chi connectivity index (χ1n) is 5.68. The SMILES string of the molecule is NC(=O)[C@H](CS)NC(=O)C(N)Cc1ccc(O)cc1. The van der Waals surface area contributed by atoms with E-state index in [4.69, 9.17) is 16.6 Å². The highest BCUT2D eigenvalue weighted by molar-refractivity contribution is 7.80. The molecular formula is C12H17N3O3S. The van der Waals surface area contributed by atoms with Crippen LogP contribution in [0.3, 0.4) is 0 Å². The fraction of sp³-hybridized carbons (Fsp3) is 0.333. The van der Waals surface area contributed by atoms with E-state index < -0.39 is 23.9 Å². The van der Waals surface area contributed by atoms with Crippen molar-refractivity contribution in [1.82, 2.24) is 5.32 Å². The van der Waals surface area contributed by atoms with Crippen LogP contribution in [0.2, 0.25) is 0 Å².